The molecular formula is C17H19F3N2O3. The summed E-state index contributed by atoms with van der Waals surface area (Å²) in [5.74, 6) is -0.536. The standard InChI is InChI=1S/C17H19F3N2O3/c1-12(23)2-7-15(24)21-8-10-22(11-9-21)16(25)13-3-5-14(6-4-13)17(18,19)20/h3-6H,2,7-11H2,1H3. The zero-order valence-corrected chi connectivity index (χ0v) is 13.8. The monoisotopic (exact) mass is 356 g/mol. The number of rotatable bonds is 4. The minimum atomic E-state index is -4.44. The first-order valence-electron chi connectivity index (χ1n) is 7.92. The molecule has 0 atom stereocenters. The number of alkyl halides is 3. The Kier molecular flexibility index (Phi) is 5.81. The van der Waals surface area contributed by atoms with Crippen LogP contribution in [-0.4, -0.2) is 53.6 Å². The maximum Gasteiger partial charge on any atom is 0.416 e. The average molecular weight is 356 g/mol. The van der Waals surface area contributed by atoms with Crippen LogP contribution in [-0.2, 0) is 15.8 Å². The Balaban J connectivity index is 1.91. The van der Waals surface area contributed by atoms with Crippen molar-refractivity contribution >= 4 is 17.6 Å². The summed E-state index contributed by atoms with van der Waals surface area (Å²) in [5, 5.41) is 0. The molecule has 0 N–H and O–H groups in total. The van der Waals surface area contributed by atoms with E-state index in [4.69, 9.17) is 0 Å². The average Bonchev–Trinajstić information content (AvgIpc) is 2.58. The lowest BCUT2D eigenvalue weighted by Crippen LogP contribution is -2.50. The van der Waals surface area contributed by atoms with Crippen LogP contribution in [0.25, 0.3) is 0 Å². The first-order chi connectivity index (χ1) is 11.7. The van der Waals surface area contributed by atoms with Crippen molar-refractivity contribution in [3.05, 3.63) is 35.4 Å². The molecule has 0 radical (unpaired) electrons. The van der Waals surface area contributed by atoms with Crippen molar-refractivity contribution in [3.8, 4) is 0 Å². The molecule has 0 aromatic heterocycles. The van der Waals surface area contributed by atoms with E-state index in [1.165, 1.54) is 11.8 Å². The van der Waals surface area contributed by atoms with Gasteiger partial charge in [0.05, 0.1) is 5.56 Å². The Bertz CT molecular complexity index is 648. The second-order valence-electron chi connectivity index (χ2n) is 5.95. The minimum Gasteiger partial charge on any atom is -0.339 e. The van der Waals surface area contributed by atoms with Crippen molar-refractivity contribution in [1.29, 1.82) is 0 Å². The summed E-state index contributed by atoms with van der Waals surface area (Å²) >= 11 is 0. The summed E-state index contributed by atoms with van der Waals surface area (Å²) in [6, 6.07) is 4.09. The molecule has 2 rings (SSSR count). The van der Waals surface area contributed by atoms with Crippen LogP contribution in [0, 0.1) is 0 Å². The zero-order chi connectivity index (χ0) is 18.6. The van der Waals surface area contributed by atoms with Crippen LogP contribution < -0.4 is 0 Å². The highest BCUT2D eigenvalue weighted by Gasteiger charge is 2.31. The van der Waals surface area contributed by atoms with E-state index < -0.39 is 11.7 Å². The van der Waals surface area contributed by atoms with Crippen LogP contribution >= 0.6 is 0 Å². The number of hydrogen-bond acceptors (Lipinski definition) is 3. The van der Waals surface area contributed by atoms with Crippen LogP contribution in [0.2, 0.25) is 0 Å². The third-order valence-electron chi connectivity index (χ3n) is 4.07. The van der Waals surface area contributed by atoms with E-state index in [1.807, 2.05) is 0 Å². The molecule has 1 fully saturated rings. The summed E-state index contributed by atoms with van der Waals surface area (Å²) in [6.45, 7) is 2.75. The van der Waals surface area contributed by atoms with Gasteiger partial charge in [0.25, 0.3) is 5.91 Å². The quantitative estimate of drug-likeness (QED) is 0.832. The Labute approximate surface area is 143 Å². The number of carbonyl (C=O) groups is 3. The third kappa shape index (κ3) is 5.04. The van der Waals surface area contributed by atoms with Crippen molar-refractivity contribution < 1.29 is 27.6 Å². The van der Waals surface area contributed by atoms with Gasteiger partial charge in [0, 0.05) is 44.6 Å². The van der Waals surface area contributed by atoms with Crippen LogP contribution in [0.3, 0.4) is 0 Å². The molecular weight excluding hydrogens is 337 g/mol. The van der Waals surface area contributed by atoms with Crippen molar-refractivity contribution in [1.82, 2.24) is 9.80 Å². The minimum absolute atomic E-state index is 0.0514. The van der Waals surface area contributed by atoms with Gasteiger partial charge in [-0.25, -0.2) is 0 Å². The van der Waals surface area contributed by atoms with Crippen LogP contribution in [0.15, 0.2) is 24.3 Å². The highest BCUT2D eigenvalue weighted by atomic mass is 19.4. The van der Waals surface area contributed by atoms with Crippen molar-refractivity contribution in [3.63, 3.8) is 0 Å². The molecule has 1 heterocycles. The summed E-state index contributed by atoms with van der Waals surface area (Å²) < 4.78 is 37.7. The van der Waals surface area contributed by atoms with Crippen LogP contribution in [0.1, 0.15) is 35.7 Å². The number of halogens is 3. The lowest BCUT2D eigenvalue weighted by molar-refractivity contribution is -0.137. The van der Waals surface area contributed by atoms with Crippen molar-refractivity contribution in [2.24, 2.45) is 0 Å². The molecule has 0 bridgehead atoms. The van der Waals surface area contributed by atoms with Gasteiger partial charge in [-0.1, -0.05) is 0 Å². The number of hydrogen-bond donors (Lipinski definition) is 0. The van der Waals surface area contributed by atoms with E-state index >= 15 is 0 Å². The summed E-state index contributed by atoms with van der Waals surface area (Å²) in [7, 11) is 0. The topological polar surface area (TPSA) is 57.7 Å². The van der Waals surface area contributed by atoms with Gasteiger partial charge >= 0.3 is 6.18 Å². The van der Waals surface area contributed by atoms with Gasteiger partial charge in [-0.05, 0) is 31.2 Å². The van der Waals surface area contributed by atoms with Crippen molar-refractivity contribution in [2.75, 3.05) is 26.2 Å². The van der Waals surface area contributed by atoms with Gasteiger partial charge in [0.1, 0.15) is 5.78 Å². The molecule has 0 unspecified atom stereocenters. The van der Waals surface area contributed by atoms with E-state index in [0.29, 0.717) is 26.2 Å². The molecule has 1 aromatic carbocycles. The number of amides is 2. The summed E-state index contributed by atoms with van der Waals surface area (Å²) in [4.78, 5) is 38.3. The fourth-order valence-electron chi connectivity index (χ4n) is 2.58. The molecule has 25 heavy (non-hydrogen) atoms. The molecule has 1 aliphatic heterocycles. The fraction of sp³-hybridized carbons (Fsp3) is 0.471. The smallest absolute Gasteiger partial charge is 0.339 e. The number of piperazine rings is 1. The Hall–Kier alpha value is -2.38. The summed E-state index contributed by atoms with van der Waals surface area (Å²) in [5.41, 5.74) is -0.616. The van der Waals surface area contributed by atoms with Crippen molar-refractivity contribution in [2.45, 2.75) is 25.9 Å². The Morgan fingerprint density at radius 2 is 1.44 bits per heavy atom. The van der Waals surface area contributed by atoms with E-state index in [-0.39, 0.29) is 36.0 Å². The number of Topliss-reactive ketones (excluding diaryl/α,β-unsaturated/α-hetero) is 1. The first kappa shape index (κ1) is 19.0. The predicted molar refractivity (Wildman–Crippen MR) is 83.8 cm³/mol. The van der Waals surface area contributed by atoms with Crippen LogP contribution in [0.5, 0.6) is 0 Å². The van der Waals surface area contributed by atoms with Crippen LogP contribution in [0.4, 0.5) is 13.2 Å². The molecule has 1 aromatic rings. The molecule has 2 amide bonds. The molecule has 8 heteroatoms. The number of carbonyl (C=O) groups excluding carboxylic acids is 3. The lowest BCUT2D eigenvalue weighted by Gasteiger charge is -2.35. The molecule has 1 saturated heterocycles. The molecule has 0 spiro atoms. The molecule has 0 saturated carbocycles. The second kappa shape index (κ2) is 7.67. The van der Waals surface area contributed by atoms with Gasteiger partial charge in [0.2, 0.25) is 5.91 Å². The first-order valence-corrected chi connectivity index (χ1v) is 7.92. The Morgan fingerprint density at radius 3 is 1.92 bits per heavy atom. The molecule has 5 nitrogen and oxygen atoms in total. The van der Waals surface area contributed by atoms with E-state index in [9.17, 15) is 27.6 Å². The number of ketones is 1. The number of benzene rings is 1. The van der Waals surface area contributed by atoms with E-state index in [2.05, 4.69) is 0 Å². The maximum atomic E-state index is 12.6. The molecule has 0 aliphatic carbocycles. The fourth-order valence-corrected chi connectivity index (χ4v) is 2.58. The maximum absolute atomic E-state index is 12.6. The second-order valence-corrected chi connectivity index (χ2v) is 5.95. The molecule has 136 valence electrons. The normalized spacial score (nSPS) is 15.2. The molecule has 1 aliphatic rings. The number of nitrogens with zero attached hydrogens (tertiary/aromatic N) is 2. The predicted octanol–water partition coefficient (Wildman–Crippen LogP) is 2.36. The lowest BCUT2D eigenvalue weighted by atomic mass is 10.1. The van der Waals surface area contributed by atoms with E-state index in [0.717, 1.165) is 24.3 Å². The third-order valence-corrected chi connectivity index (χ3v) is 4.07. The SMILES string of the molecule is CC(=O)CCC(=O)N1CCN(C(=O)c2ccc(C(F)(F)F)cc2)CC1. The van der Waals surface area contributed by atoms with Gasteiger partial charge in [0.15, 0.2) is 0 Å². The van der Waals surface area contributed by atoms with Gasteiger partial charge in [-0.3, -0.25) is 9.59 Å². The highest BCUT2D eigenvalue weighted by Crippen LogP contribution is 2.29. The largest absolute Gasteiger partial charge is 0.416 e. The highest BCUT2D eigenvalue weighted by molar-refractivity contribution is 5.94. The van der Waals surface area contributed by atoms with Gasteiger partial charge < -0.3 is 14.6 Å². The Morgan fingerprint density at radius 1 is 0.920 bits per heavy atom. The van der Waals surface area contributed by atoms with E-state index in [1.54, 1.807) is 4.90 Å². The van der Waals surface area contributed by atoms with Gasteiger partial charge in [-0.15, -0.1) is 0 Å². The van der Waals surface area contributed by atoms with Gasteiger partial charge in [-0.2, -0.15) is 13.2 Å². The summed E-state index contributed by atoms with van der Waals surface area (Å²) in [6.07, 6.45) is -4.08. The zero-order valence-electron chi connectivity index (χ0n) is 13.8.